The molecule has 0 spiro atoms. The van der Waals surface area contributed by atoms with Crippen molar-refractivity contribution in [1.82, 2.24) is 14.5 Å². The van der Waals surface area contributed by atoms with Crippen LogP contribution in [0, 0.1) is 0 Å². The van der Waals surface area contributed by atoms with Gasteiger partial charge in [-0.2, -0.15) is 0 Å². The van der Waals surface area contributed by atoms with Gasteiger partial charge in [0.2, 0.25) is 0 Å². The maximum absolute atomic E-state index is 13.1. The van der Waals surface area contributed by atoms with Gasteiger partial charge in [0.05, 0.1) is 46.8 Å². The molecule has 8 heteroatoms. The molecule has 2 heterocycles. The molecule has 4 rings (SSSR count). The van der Waals surface area contributed by atoms with E-state index in [0.29, 0.717) is 40.6 Å². The quantitative estimate of drug-likeness (QED) is 0.540. The molecular formula is C21H21N3O5. The predicted molar refractivity (Wildman–Crippen MR) is 110 cm³/mol. The zero-order chi connectivity index (χ0) is 20.5. The average Bonchev–Trinajstić information content (AvgIpc) is 3.12. The fraction of sp³-hybridized carbons (Fsp3) is 0.238. The summed E-state index contributed by atoms with van der Waals surface area (Å²) >= 11 is 0. The van der Waals surface area contributed by atoms with E-state index >= 15 is 0 Å². The monoisotopic (exact) mass is 395 g/mol. The lowest BCUT2D eigenvalue weighted by molar-refractivity contribution is 0.356. The summed E-state index contributed by atoms with van der Waals surface area (Å²) in [5.41, 5.74) is 2.45. The molecule has 8 nitrogen and oxygen atoms in total. The lowest BCUT2D eigenvalue weighted by Crippen LogP contribution is -2.21. The largest absolute Gasteiger partial charge is 0.497 e. The smallest absolute Gasteiger partial charge is 0.277 e. The highest BCUT2D eigenvalue weighted by Crippen LogP contribution is 2.34. The van der Waals surface area contributed by atoms with Gasteiger partial charge in [-0.05, 0) is 23.8 Å². The third-order valence-corrected chi connectivity index (χ3v) is 4.84. The Balaban J connectivity index is 1.82. The SMILES string of the molecule is COc1cc(Cn2cnc3c([nH]c4cc(OC)c(OC)cc43)c2=O)cc(OC)c1. The van der Waals surface area contributed by atoms with Gasteiger partial charge in [0, 0.05) is 17.5 Å². The van der Waals surface area contributed by atoms with Gasteiger partial charge in [-0.3, -0.25) is 9.36 Å². The number of aromatic amines is 1. The van der Waals surface area contributed by atoms with Gasteiger partial charge in [-0.25, -0.2) is 4.98 Å². The highest BCUT2D eigenvalue weighted by molar-refractivity contribution is 6.05. The van der Waals surface area contributed by atoms with Crippen LogP contribution in [-0.2, 0) is 6.54 Å². The number of hydrogen-bond acceptors (Lipinski definition) is 6. The van der Waals surface area contributed by atoms with Crippen molar-refractivity contribution < 1.29 is 18.9 Å². The van der Waals surface area contributed by atoms with E-state index in [9.17, 15) is 4.79 Å². The van der Waals surface area contributed by atoms with Crippen LogP contribution < -0.4 is 24.5 Å². The van der Waals surface area contributed by atoms with E-state index in [-0.39, 0.29) is 5.56 Å². The minimum Gasteiger partial charge on any atom is -0.497 e. The molecule has 0 saturated heterocycles. The molecule has 0 aliphatic carbocycles. The zero-order valence-electron chi connectivity index (χ0n) is 16.6. The zero-order valence-corrected chi connectivity index (χ0v) is 16.6. The Labute approximate surface area is 166 Å². The number of nitrogens with one attached hydrogen (secondary N) is 1. The average molecular weight is 395 g/mol. The van der Waals surface area contributed by atoms with Crippen LogP contribution in [0.15, 0.2) is 41.5 Å². The van der Waals surface area contributed by atoms with E-state index in [1.165, 1.54) is 0 Å². The van der Waals surface area contributed by atoms with E-state index in [1.54, 1.807) is 51.5 Å². The normalized spacial score (nSPS) is 11.0. The topological polar surface area (TPSA) is 87.6 Å². The van der Waals surface area contributed by atoms with Crippen LogP contribution in [-0.4, -0.2) is 43.0 Å². The second kappa shape index (κ2) is 7.38. The summed E-state index contributed by atoms with van der Waals surface area (Å²) < 4.78 is 22.9. The summed E-state index contributed by atoms with van der Waals surface area (Å²) in [6.07, 6.45) is 1.54. The van der Waals surface area contributed by atoms with E-state index in [1.807, 2.05) is 18.2 Å². The van der Waals surface area contributed by atoms with Gasteiger partial charge >= 0.3 is 0 Å². The van der Waals surface area contributed by atoms with Gasteiger partial charge in [-0.1, -0.05) is 0 Å². The predicted octanol–water partition coefficient (Wildman–Crippen LogP) is 2.96. The molecule has 0 atom stereocenters. The van der Waals surface area contributed by atoms with Crippen LogP contribution in [0.3, 0.4) is 0 Å². The Hall–Kier alpha value is -3.68. The number of fused-ring (bicyclic) bond motifs is 3. The van der Waals surface area contributed by atoms with Crippen molar-refractivity contribution in [3.8, 4) is 23.0 Å². The molecule has 0 radical (unpaired) electrons. The molecule has 1 N–H and O–H groups in total. The Morgan fingerprint density at radius 2 is 1.55 bits per heavy atom. The van der Waals surface area contributed by atoms with Gasteiger partial charge in [0.1, 0.15) is 22.5 Å². The summed E-state index contributed by atoms with van der Waals surface area (Å²) in [7, 11) is 6.32. The van der Waals surface area contributed by atoms with Crippen LogP contribution in [0.25, 0.3) is 21.9 Å². The highest BCUT2D eigenvalue weighted by atomic mass is 16.5. The van der Waals surface area contributed by atoms with E-state index in [4.69, 9.17) is 18.9 Å². The Kier molecular flexibility index (Phi) is 4.75. The Bertz CT molecular complexity index is 1240. The molecule has 0 bridgehead atoms. The second-order valence-corrected chi connectivity index (χ2v) is 6.50. The molecule has 0 aliphatic rings. The summed E-state index contributed by atoms with van der Waals surface area (Å²) in [5, 5.41) is 0.796. The lowest BCUT2D eigenvalue weighted by Gasteiger charge is -2.10. The Morgan fingerprint density at radius 3 is 2.17 bits per heavy atom. The van der Waals surface area contributed by atoms with Crippen molar-refractivity contribution in [2.24, 2.45) is 0 Å². The van der Waals surface area contributed by atoms with Gasteiger partial charge in [0.25, 0.3) is 5.56 Å². The van der Waals surface area contributed by atoms with Gasteiger partial charge < -0.3 is 23.9 Å². The van der Waals surface area contributed by atoms with Crippen LogP contribution in [0.1, 0.15) is 5.56 Å². The van der Waals surface area contributed by atoms with Crippen molar-refractivity contribution in [2.75, 3.05) is 28.4 Å². The third-order valence-electron chi connectivity index (χ3n) is 4.84. The highest BCUT2D eigenvalue weighted by Gasteiger charge is 2.15. The molecule has 0 unspecified atom stereocenters. The summed E-state index contributed by atoms with van der Waals surface area (Å²) in [6, 6.07) is 9.12. The number of nitrogens with zero attached hydrogens (tertiary/aromatic N) is 2. The number of ether oxygens (including phenoxy) is 4. The molecular weight excluding hydrogens is 374 g/mol. The maximum atomic E-state index is 13.1. The first kappa shape index (κ1) is 18.7. The maximum Gasteiger partial charge on any atom is 0.277 e. The molecule has 150 valence electrons. The molecule has 0 saturated carbocycles. The van der Waals surface area contributed by atoms with Crippen LogP contribution in [0.4, 0.5) is 0 Å². The number of H-pyrrole nitrogens is 1. The van der Waals surface area contributed by atoms with Crippen molar-refractivity contribution in [2.45, 2.75) is 6.54 Å². The van der Waals surface area contributed by atoms with E-state index in [2.05, 4.69) is 9.97 Å². The van der Waals surface area contributed by atoms with E-state index in [0.717, 1.165) is 16.5 Å². The number of hydrogen-bond donors (Lipinski definition) is 1. The van der Waals surface area contributed by atoms with Crippen molar-refractivity contribution in [1.29, 1.82) is 0 Å². The fourth-order valence-electron chi connectivity index (χ4n) is 3.39. The molecule has 2 aromatic carbocycles. The van der Waals surface area contributed by atoms with Gasteiger partial charge in [0.15, 0.2) is 11.5 Å². The van der Waals surface area contributed by atoms with Crippen molar-refractivity contribution in [3.63, 3.8) is 0 Å². The molecule has 0 aliphatic heterocycles. The molecule has 0 fully saturated rings. The van der Waals surface area contributed by atoms with Crippen molar-refractivity contribution in [3.05, 3.63) is 52.6 Å². The first-order valence-corrected chi connectivity index (χ1v) is 8.92. The lowest BCUT2D eigenvalue weighted by atomic mass is 10.2. The minimum absolute atomic E-state index is 0.175. The number of aromatic nitrogens is 3. The standard InChI is InChI=1S/C21H21N3O5/c1-26-13-5-12(6-14(7-13)27-2)10-24-11-22-19-15-8-17(28-3)18(29-4)9-16(15)23-20(19)21(24)25/h5-9,11,23H,10H2,1-4H3. The first-order valence-electron chi connectivity index (χ1n) is 8.92. The fourth-order valence-corrected chi connectivity index (χ4v) is 3.39. The minimum atomic E-state index is -0.175. The second-order valence-electron chi connectivity index (χ2n) is 6.50. The number of methoxy groups -OCH3 is 4. The number of benzene rings is 2. The van der Waals surface area contributed by atoms with Crippen molar-refractivity contribution >= 4 is 21.9 Å². The molecule has 29 heavy (non-hydrogen) atoms. The van der Waals surface area contributed by atoms with Crippen LogP contribution in [0.2, 0.25) is 0 Å². The number of rotatable bonds is 6. The molecule has 0 amide bonds. The van der Waals surface area contributed by atoms with Crippen LogP contribution >= 0.6 is 0 Å². The summed E-state index contributed by atoms with van der Waals surface area (Å²) in [5.74, 6) is 2.48. The Morgan fingerprint density at radius 1 is 0.897 bits per heavy atom. The summed E-state index contributed by atoms with van der Waals surface area (Å²) in [4.78, 5) is 20.8. The molecule has 4 aromatic rings. The van der Waals surface area contributed by atoms with Gasteiger partial charge in [-0.15, -0.1) is 0 Å². The van der Waals surface area contributed by atoms with E-state index < -0.39 is 0 Å². The molecule has 2 aromatic heterocycles. The third kappa shape index (κ3) is 3.22. The summed E-state index contributed by atoms with van der Waals surface area (Å²) in [6.45, 7) is 0.331. The van der Waals surface area contributed by atoms with Crippen LogP contribution in [0.5, 0.6) is 23.0 Å². The first-order chi connectivity index (χ1) is 14.1.